The van der Waals surface area contributed by atoms with Crippen LogP contribution in [0.1, 0.15) is 26.2 Å². The lowest BCUT2D eigenvalue weighted by atomic mass is 10.4. The fourth-order valence-electron chi connectivity index (χ4n) is 1.78. The molecule has 1 aliphatic rings. The van der Waals surface area contributed by atoms with Crippen molar-refractivity contribution >= 4 is 12.0 Å². The van der Waals surface area contributed by atoms with Gasteiger partial charge >= 0.3 is 12.0 Å². The molecule has 2 amide bonds. The Morgan fingerprint density at radius 3 is 2.50 bits per heavy atom. The van der Waals surface area contributed by atoms with Crippen molar-refractivity contribution in [3.8, 4) is 0 Å². The van der Waals surface area contributed by atoms with Crippen molar-refractivity contribution in [3.05, 3.63) is 0 Å². The van der Waals surface area contributed by atoms with E-state index in [-0.39, 0.29) is 19.0 Å². The van der Waals surface area contributed by atoms with Gasteiger partial charge in [0, 0.05) is 32.2 Å². The van der Waals surface area contributed by atoms with Gasteiger partial charge in [-0.05, 0) is 26.8 Å². The summed E-state index contributed by atoms with van der Waals surface area (Å²) in [6.45, 7) is 4.08. The third kappa shape index (κ3) is 5.35. The zero-order valence-electron chi connectivity index (χ0n) is 11.2. The average Bonchev–Trinajstić information content (AvgIpc) is 3.13. The van der Waals surface area contributed by atoms with Crippen molar-refractivity contribution < 1.29 is 14.7 Å². The van der Waals surface area contributed by atoms with Crippen molar-refractivity contribution in [2.75, 3.05) is 33.2 Å². The van der Waals surface area contributed by atoms with E-state index in [2.05, 4.69) is 17.3 Å². The summed E-state index contributed by atoms with van der Waals surface area (Å²) in [6, 6.07) is 0.513. The van der Waals surface area contributed by atoms with E-state index < -0.39 is 5.97 Å². The quantitative estimate of drug-likeness (QED) is 0.667. The van der Waals surface area contributed by atoms with E-state index in [1.54, 1.807) is 0 Å². The minimum Gasteiger partial charge on any atom is -0.481 e. The predicted molar refractivity (Wildman–Crippen MR) is 68.6 cm³/mol. The van der Waals surface area contributed by atoms with Crippen LogP contribution in [0.4, 0.5) is 4.79 Å². The number of urea groups is 1. The molecular formula is C12H23N3O3. The van der Waals surface area contributed by atoms with Crippen LogP contribution in [0.2, 0.25) is 0 Å². The largest absolute Gasteiger partial charge is 0.481 e. The molecule has 0 spiro atoms. The highest BCUT2D eigenvalue weighted by atomic mass is 16.4. The summed E-state index contributed by atoms with van der Waals surface area (Å²) in [5, 5.41) is 11.4. The standard InChI is InChI=1S/C12H23N3O3/c1-3-15(8-6-11(16)17)12(18)13-7-9-14(2)10-4-5-10/h10H,3-9H2,1-2H3,(H,13,18)(H,16,17). The summed E-state index contributed by atoms with van der Waals surface area (Å²) >= 11 is 0. The van der Waals surface area contributed by atoms with Crippen LogP contribution in [0.5, 0.6) is 0 Å². The van der Waals surface area contributed by atoms with Crippen LogP contribution in [0.3, 0.4) is 0 Å². The van der Waals surface area contributed by atoms with Gasteiger partial charge in [0.15, 0.2) is 0 Å². The number of likely N-dealkylation sites (N-methyl/N-ethyl adjacent to an activating group) is 1. The highest BCUT2D eigenvalue weighted by molar-refractivity contribution is 5.75. The second-order valence-electron chi connectivity index (χ2n) is 4.67. The van der Waals surface area contributed by atoms with Gasteiger partial charge in [-0.15, -0.1) is 0 Å². The number of amides is 2. The lowest BCUT2D eigenvalue weighted by molar-refractivity contribution is -0.137. The third-order valence-corrected chi connectivity index (χ3v) is 3.18. The summed E-state index contributed by atoms with van der Waals surface area (Å²) in [5.74, 6) is -0.880. The summed E-state index contributed by atoms with van der Waals surface area (Å²) in [4.78, 5) is 26.0. The van der Waals surface area contributed by atoms with Gasteiger partial charge < -0.3 is 20.2 Å². The van der Waals surface area contributed by atoms with Crippen molar-refractivity contribution in [2.45, 2.75) is 32.2 Å². The smallest absolute Gasteiger partial charge is 0.317 e. The first-order chi connectivity index (χ1) is 8.54. The van der Waals surface area contributed by atoms with Crippen molar-refractivity contribution in [1.29, 1.82) is 0 Å². The number of aliphatic carboxylic acids is 1. The summed E-state index contributed by atoms with van der Waals surface area (Å²) < 4.78 is 0. The molecule has 1 saturated carbocycles. The molecule has 104 valence electrons. The molecule has 0 unspecified atom stereocenters. The maximum Gasteiger partial charge on any atom is 0.317 e. The van der Waals surface area contributed by atoms with Gasteiger partial charge in [-0.2, -0.15) is 0 Å². The molecule has 18 heavy (non-hydrogen) atoms. The van der Waals surface area contributed by atoms with Gasteiger partial charge in [-0.25, -0.2) is 4.79 Å². The molecule has 1 aliphatic carbocycles. The van der Waals surface area contributed by atoms with E-state index in [0.29, 0.717) is 19.1 Å². The molecule has 0 aromatic carbocycles. The normalized spacial score (nSPS) is 14.6. The predicted octanol–water partition coefficient (Wildman–Crippen LogP) is 0.587. The number of carbonyl (C=O) groups excluding carboxylic acids is 1. The molecule has 1 fully saturated rings. The molecule has 6 nitrogen and oxygen atoms in total. The van der Waals surface area contributed by atoms with Crippen LogP contribution in [0.25, 0.3) is 0 Å². The molecule has 6 heteroatoms. The Labute approximate surface area is 108 Å². The molecule has 0 bridgehead atoms. The van der Waals surface area contributed by atoms with Crippen LogP contribution in [-0.2, 0) is 4.79 Å². The number of carboxylic acid groups (broad SMARTS) is 1. The molecule has 0 saturated heterocycles. The van der Waals surface area contributed by atoms with Gasteiger partial charge in [0.1, 0.15) is 0 Å². The van der Waals surface area contributed by atoms with Crippen LogP contribution >= 0.6 is 0 Å². The molecule has 0 heterocycles. The first-order valence-electron chi connectivity index (χ1n) is 6.49. The van der Waals surface area contributed by atoms with Crippen LogP contribution < -0.4 is 5.32 Å². The number of hydrogen-bond donors (Lipinski definition) is 2. The Hall–Kier alpha value is -1.30. The number of carbonyl (C=O) groups is 2. The number of rotatable bonds is 8. The number of nitrogens with one attached hydrogen (secondary N) is 1. The Balaban J connectivity index is 2.17. The van der Waals surface area contributed by atoms with E-state index in [1.807, 2.05) is 6.92 Å². The Morgan fingerprint density at radius 1 is 1.33 bits per heavy atom. The zero-order valence-corrected chi connectivity index (χ0v) is 11.2. The molecule has 0 aliphatic heterocycles. The lowest BCUT2D eigenvalue weighted by Crippen LogP contribution is -2.43. The van der Waals surface area contributed by atoms with E-state index >= 15 is 0 Å². The van der Waals surface area contributed by atoms with Gasteiger partial charge in [-0.1, -0.05) is 0 Å². The molecule has 0 aromatic rings. The number of carboxylic acids is 1. The highest BCUT2D eigenvalue weighted by Crippen LogP contribution is 2.24. The minimum absolute atomic E-state index is 0.0107. The molecule has 0 radical (unpaired) electrons. The average molecular weight is 257 g/mol. The first kappa shape index (κ1) is 14.8. The summed E-state index contributed by atoms with van der Waals surface area (Å²) in [6.07, 6.45) is 2.50. The fraction of sp³-hybridized carbons (Fsp3) is 0.833. The van der Waals surface area contributed by atoms with E-state index in [1.165, 1.54) is 17.7 Å². The van der Waals surface area contributed by atoms with Crippen molar-refractivity contribution in [3.63, 3.8) is 0 Å². The van der Waals surface area contributed by atoms with Crippen LogP contribution in [0.15, 0.2) is 0 Å². The SMILES string of the molecule is CCN(CCC(=O)O)C(=O)NCCN(C)C1CC1. The van der Waals surface area contributed by atoms with Crippen LogP contribution in [-0.4, -0.2) is 66.2 Å². The van der Waals surface area contributed by atoms with Gasteiger partial charge in [0.05, 0.1) is 6.42 Å². The van der Waals surface area contributed by atoms with Gasteiger partial charge in [0.25, 0.3) is 0 Å². The second-order valence-corrected chi connectivity index (χ2v) is 4.67. The summed E-state index contributed by atoms with van der Waals surface area (Å²) in [7, 11) is 2.06. The highest BCUT2D eigenvalue weighted by Gasteiger charge is 2.25. The van der Waals surface area contributed by atoms with Crippen molar-refractivity contribution in [1.82, 2.24) is 15.1 Å². The maximum atomic E-state index is 11.8. The minimum atomic E-state index is -0.880. The van der Waals surface area contributed by atoms with Gasteiger partial charge in [-0.3, -0.25) is 4.79 Å². The Bertz CT molecular complexity index is 292. The van der Waals surface area contributed by atoms with Crippen LogP contribution in [0, 0.1) is 0 Å². The Morgan fingerprint density at radius 2 is 2.00 bits per heavy atom. The fourth-order valence-corrected chi connectivity index (χ4v) is 1.78. The number of nitrogens with zero attached hydrogens (tertiary/aromatic N) is 2. The molecule has 1 rings (SSSR count). The van der Waals surface area contributed by atoms with E-state index in [0.717, 1.165) is 6.54 Å². The first-order valence-corrected chi connectivity index (χ1v) is 6.49. The molecule has 0 atom stereocenters. The molecule has 2 N–H and O–H groups in total. The van der Waals surface area contributed by atoms with E-state index in [4.69, 9.17) is 5.11 Å². The third-order valence-electron chi connectivity index (χ3n) is 3.18. The topological polar surface area (TPSA) is 72.9 Å². The monoisotopic (exact) mass is 257 g/mol. The molecule has 0 aromatic heterocycles. The maximum absolute atomic E-state index is 11.8. The lowest BCUT2D eigenvalue weighted by Gasteiger charge is -2.22. The zero-order chi connectivity index (χ0) is 13.5. The molecular weight excluding hydrogens is 234 g/mol. The second kappa shape index (κ2) is 7.20. The van der Waals surface area contributed by atoms with E-state index in [9.17, 15) is 9.59 Å². The van der Waals surface area contributed by atoms with Gasteiger partial charge in [0.2, 0.25) is 0 Å². The Kier molecular flexibility index (Phi) is 5.91. The van der Waals surface area contributed by atoms with Crippen molar-refractivity contribution in [2.24, 2.45) is 0 Å². The summed E-state index contributed by atoms with van der Waals surface area (Å²) in [5.41, 5.74) is 0. The number of hydrogen-bond acceptors (Lipinski definition) is 3.